The monoisotopic (exact) mass is 368 g/mol. The Morgan fingerprint density at radius 2 is 1.88 bits per heavy atom. The van der Waals surface area contributed by atoms with E-state index >= 15 is 0 Å². The summed E-state index contributed by atoms with van der Waals surface area (Å²) in [6.07, 6.45) is 2.92. The van der Waals surface area contributed by atoms with Crippen molar-refractivity contribution in [1.82, 2.24) is 0 Å². The Morgan fingerprint density at radius 3 is 2.46 bits per heavy atom. The Bertz CT molecular complexity index is 823. The van der Waals surface area contributed by atoms with Gasteiger partial charge in [0.2, 0.25) is 15.9 Å². The number of hydrogen-bond donors (Lipinski definition) is 1. The van der Waals surface area contributed by atoms with Gasteiger partial charge in [0, 0.05) is 10.6 Å². The molecule has 5 nitrogen and oxygen atoms in total. The van der Waals surface area contributed by atoms with E-state index in [9.17, 15) is 17.6 Å². The second-order valence-electron chi connectivity index (χ2n) is 5.03. The average Bonchev–Trinajstić information content (AvgIpc) is 2.53. The number of nitrogens with zero attached hydrogens (tertiary/aromatic N) is 1. The number of sulfonamides is 1. The Balaban J connectivity index is 2.17. The van der Waals surface area contributed by atoms with Crippen molar-refractivity contribution in [2.45, 2.75) is 4.90 Å². The molecule has 0 spiro atoms. The van der Waals surface area contributed by atoms with E-state index in [-0.39, 0.29) is 5.69 Å². The van der Waals surface area contributed by atoms with E-state index < -0.39 is 28.3 Å². The van der Waals surface area contributed by atoms with Crippen LogP contribution in [0.1, 0.15) is 0 Å². The van der Waals surface area contributed by atoms with Crippen LogP contribution >= 0.6 is 11.8 Å². The van der Waals surface area contributed by atoms with Crippen molar-refractivity contribution in [2.75, 3.05) is 28.7 Å². The Kier molecular flexibility index (Phi) is 5.84. The van der Waals surface area contributed by atoms with Crippen molar-refractivity contribution in [3.63, 3.8) is 0 Å². The molecule has 0 atom stereocenters. The molecule has 0 radical (unpaired) electrons. The first-order valence-corrected chi connectivity index (χ1v) is 10.0. The molecular weight excluding hydrogens is 351 g/mol. The number of carbonyl (C=O) groups excluding carboxylic acids is 1. The third-order valence-electron chi connectivity index (χ3n) is 3.16. The van der Waals surface area contributed by atoms with E-state index in [0.29, 0.717) is 5.69 Å². The van der Waals surface area contributed by atoms with Gasteiger partial charge in [0.15, 0.2) is 0 Å². The molecule has 8 heteroatoms. The quantitative estimate of drug-likeness (QED) is 0.796. The van der Waals surface area contributed by atoms with Crippen LogP contribution in [0.3, 0.4) is 0 Å². The van der Waals surface area contributed by atoms with Gasteiger partial charge in [-0.2, -0.15) is 0 Å². The van der Waals surface area contributed by atoms with Crippen LogP contribution in [0.4, 0.5) is 15.8 Å². The molecule has 0 saturated carbocycles. The van der Waals surface area contributed by atoms with Gasteiger partial charge in [0.25, 0.3) is 0 Å². The van der Waals surface area contributed by atoms with Crippen LogP contribution < -0.4 is 9.62 Å². The number of halogens is 1. The fourth-order valence-corrected chi connectivity index (χ4v) is 3.36. The van der Waals surface area contributed by atoms with Crippen molar-refractivity contribution < 1.29 is 17.6 Å². The fourth-order valence-electron chi connectivity index (χ4n) is 2.04. The number of thioether (sulfide) groups is 1. The zero-order valence-electron chi connectivity index (χ0n) is 13.2. The lowest BCUT2D eigenvalue weighted by Gasteiger charge is -2.21. The molecule has 128 valence electrons. The highest BCUT2D eigenvalue weighted by atomic mass is 32.2. The maximum Gasteiger partial charge on any atom is 0.245 e. The molecule has 0 heterocycles. The second kappa shape index (κ2) is 7.67. The summed E-state index contributed by atoms with van der Waals surface area (Å²) in [5.74, 6) is -0.964. The van der Waals surface area contributed by atoms with Gasteiger partial charge in [0.05, 0.1) is 11.9 Å². The van der Waals surface area contributed by atoms with Gasteiger partial charge in [-0.05, 0) is 48.7 Å². The van der Waals surface area contributed by atoms with Gasteiger partial charge in [0.1, 0.15) is 12.4 Å². The van der Waals surface area contributed by atoms with Gasteiger partial charge in [-0.1, -0.05) is 6.07 Å². The average molecular weight is 368 g/mol. The van der Waals surface area contributed by atoms with Crippen molar-refractivity contribution >= 4 is 39.1 Å². The number of carbonyl (C=O) groups is 1. The first-order chi connectivity index (χ1) is 11.3. The van der Waals surface area contributed by atoms with Gasteiger partial charge in [-0.15, -0.1) is 11.8 Å². The summed E-state index contributed by atoms with van der Waals surface area (Å²) in [5.41, 5.74) is 0.811. The third-order valence-corrected chi connectivity index (χ3v) is 5.02. The minimum absolute atomic E-state index is 0.229. The van der Waals surface area contributed by atoms with Gasteiger partial charge >= 0.3 is 0 Å². The Hall–Kier alpha value is -2.06. The number of amides is 1. The molecule has 2 aromatic carbocycles. The van der Waals surface area contributed by atoms with Gasteiger partial charge in [-0.3, -0.25) is 9.10 Å². The number of hydrogen-bond acceptors (Lipinski definition) is 4. The summed E-state index contributed by atoms with van der Waals surface area (Å²) in [5, 5.41) is 2.67. The van der Waals surface area contributed by atoms with Crippen LogP contribution in [0.2, 0.25) is 0 Å². The van der Waals surface area contributed by atoms with Gasteiger partial charge < -0.3 is 5.32 Å². The van der Waals surface area contributed by atoms with Crippen LogP contribution in [-0.2, 0) is 14.8 Å². The minimum atomic E-state index is -3.69. The van der Waals surface area contributed by atoms with Crippen molar-refractivity contribution in [3.8, 4) is 0 Å². The highest BCUT2D eigenvalue weighted by Gasteiger charge is 2.21. The van der Waals surface area contributed by atoms with Crippen LogP contribution in [0.5, 0.6) is 0 Å². The third kappa shape index (κ3) is 4.97. The standard InChI is InChI=1S/C16H17FN2O3S2/c1-23-15-5-3-4-13(10-15)18-16(20)11-19(24(2,21)22)14-8-6-12(17)7-9-14/h3-10H,11H2,1-2H3,(H,18,20). The molecule has 1 N–H and O–H groups in total. The Morgan fingerprint density at radius 1 is 1.21 bits per heavy atom. The number of anilines is 2. The van der Waals surface area contributed by atoms with Crippen molar-refractivity contribution in [3.05, 3.63) is 54.3 Å². The molecule has 0 aliphatic carbocycles. The second-order valence-corrected chi connectivity index (χ2v) is 7.81. The van der Waals surface area contributed by atoms with E-state index in [4.69, 9.17) is 0 Å². The predicted octanol–water partition coefficient (Wildman–Crippen LogP) is 2.95. The highest BCUT2D eigenvalue weighted by Crippen LogP contribution is 2.20. The largest absolute Gasteiger partial charge is 0.324 e. The lowest BCUT2D eigenvalue weighted by atomic mass is 10.3. The smallest absolute Gasteiger partial charge is 0.245 e. The lowest BCUT2D eigenvalue weighted by Crippen LogP contribution is -2.37. The summed E-state index contributed by atoms with van der Waals surface area (Å²) in [6, 6.07) is 12.2. The zero-order chi connectivity index (χ0) is 17.7. The van der Waals surface area contributed by atoms with E-state index in [1.54, 1.807) is 18.2 Å². The molecule has 0 aliphatic rings. The SMILES string of the molecule is CSc1cccc(NC(=O)CN(c2ccc(F)cc2)S(C)(=O)=O)c1. The van der Waals surface area contributed by atoms with Gasteiger partial charge in [-0.25, -0.2) is 12.8 Å². The van der Waals surface area contributed by atoms with Crippen molar-refractivity contribution in [2.24, 2.45) is 0 Å². The summed E-state index contributed by atoms with van der Waals surface area (Å²) >= 11 is 1.53. The molecule has 0 aliphatic heterocycles. The molecule has 1 amide bonds. The molecule has 0 unspecified atom stereocenters. The zero-order valence-corrected chi connectivity index (χ0v) is 14.8. The number of rotatable bonds is 6. The normalized spacial score (nSPS) is 11.1. The van der Waals surface area contributed by atoms with Crippen LogP contribution in [0.25, 0.3) is 0 Å². The number of benzene rings is 2. The molecule has 2 aromatic rings. The summed E-state index contributed by atoms with van der Waals surface area (Å²) in [7, 11) is -3.69. The lowest BCUT2D eigenvalue weighted by molar-refractivity contribution is -0.114. The highest BCUT2D eigenvalue weighted by molar-refractivity contribution is 7.98. The van der Waals surface area contributed by atoms with E-state index in [0.717, 1.165) is 27.6 Å². The molecule has 0 fully saturated rings. The number of nitrogens with one attached hydrogen (secondary N) is 1. The minimum Gasteiger partial charge on any atom is -0.324 e. The topological polar surface area (TPSA) is 66.5 Å². The first-order valence-electron chi connectivity index (χ1n) is 6.97. The molecule has 0 aromatic heterocycles. The maximum absolute atomic E-state index is 13.0. The van der Waals surface area contributed by atoms with Crippen LogP contribution in [0, 0.1) is 5.82 Å². The van der Waals surface area contributed by atoms with Crippen LogP contribution in [-0.4, -0.2) is 33.4 Å². The molecular formula is C16H17FN2O3S2. The Labute approximate surface area is 144 Å². The predicted molar refractivity (Wildman–Crippen MR) is 95.4 cm³/mol. The summed E-state index contributed by atoms with van der Waals surface area (Å²) < 4.78 is 37.9. The van der Waals surface area contributed by atoms with Crippen LogP contribution in [0.15, 0.2) is 53.4 Å². The van der Waals surface area contributed by atoms with E-state index in [1.165, 1.54) is 23.9 Å². The first kappa shape index (κ1) is 18.3. The molecule has 0 saturated heterocycles. The van der Waals surface area contributed by atoms with E-state index in [1.807, 2.05) is 12.3 Å². The molecule has 2 rings (SSSR count). The summed E-state index contributed by atoms with van der Waals surface area (Å²) in [4.78, 5) is 13.2. The van der Waals surface area contributed by atoms with Crippen molar-refractivity contribution in [1.29, 1.82) is 0 Å². The molecule has 24 heavy (non-hydrogen) atoms. The maximum atomic E-state index is 13.0. The summed E-state index contributed by atoms with van der Waals surface area (Å²) in [6.45, 7) is -0.395. The fraction of sp³-hybridized carbons (Fsp3) is 0.188. The molecule has 0 bridgehead atoms. The van der Waals surface area contributed by atoms with E-state index in [2.05, 4.69) is 5.32 Å².